The minimum Gasteiger partial charge on any atom is -0.485 e. The molecule has 0 amide bonds. The van der Waals surface area contributed by atoms with Crippen LogP contribution in [0.5, 0.6) is 11.5 Å². The SMILES string of the molecule is CCOC(=O)[C@H]1COc2ccc(C(C)=O)cc2O1. The van der Waals surface area contributed by atoms with Crippen molar-refractivity contribution in [3.05, 3.63) is 23.8 Å². The maximum Gasteiger partial charge on any atom is 0.350 e. The zero-order valence-corrected chi connectivity index (χ0v) is 10.3. The maximum atomic E-state index is 11.5. The molecule has 0 aliphatic carbocycles. The summed E-state index contributed by atoms with van der Waals surface area (Å²) in [6, 6.07) is 4.89. The van der Waals surface area contributed by atoms with Crippen LogP contribution in [0.3, 0.4) is 0 Å². The van der Waals surface area contributed by atoms with Crippen molar-refractivity contribution in [2.45, 2.75) is 20.0 Å². The Hall–Kier alpha value is -2.04. The van der Waals surface area contributed by atoms with Crippen molar-refractivity contribution in [2.24, 2.45) is 0 Å². The van der Waals surface area contributed by atoms with Crippen LogP contribution < -0.4 is 9.47 Å². The van der Waals surface area contributed by atoms with Crippen LogP contribution in [-0.4, -0.2) is 31.1 Å². The Balaban J connectivity index is 2.19. The molecule has 0 N–H and O–H groups in total. The van der Waals surface area contributed by atoms with Gasteiger partial charge in [0, 0.05) is 5.56 Å². The highest BCUT2D eigenvalue weighted by Crippen LogP contribution is 2.32. The zero-order valence-electron chi connectivity index (χ0n) is 10.3. The molecule has 0 saturated heterocycles. The third kappa shape index (κ3) is 2.45. The first-order chi connectivity index (χ1) is 8.61. The molecule has 5 heteroatoms. The van der Waals surface area contributed by atoms with Gasteiger partial charge in [0.15, 0.2) is 17.3 Å². The van der Waals surface area contributed by atoms with Gasteiger partial charge in [0.2, 0.25) is 6.10 Å². The number of ether oxygens (including phenoxy) is 3. The molecule has 0 aromatic heterocycles. The van der Waals surface area contributed by atoms with Gasteiger partial charge in [-0.25, -0.2) is 4.79 Å². The van der Waals surface area contributed by atoms with Crippen molar-refractivity contribution in [2.75, 3.05) is 13.2 Å². The Morgan fingerprint density at radius 3 is 2.83 bits per heavy atom. The molecule has 0 saturated carbocycles. The lowest BCUT2D eigenvalue weighted by atomic mass is 10.1. The first-order valence-electron chi connectivity index (χ1n) is 5.73. The van der Waals surface area contributed by atoms with Crippen LogP contribution in [-0.2, 0) is 9.53 Å². The number of esters is 1. The molecule has 0 radical (unpaired) electrons. The van der Waals surface area contributed by atoms with Gasteiger partial charge in [-0.1, -0.05) is 0 Å². The molecule has 1 atom stereocenters. The normalized spacial score (nSPS) is 17.1. The predicted molar refractivity (Wildman–Crippen MR) is 63.0 cm³/mol. The quantitative estimate of drug-likeness (QED) is 0.602. The Morgan fingerprint density at radius 2 is 2.17 bits per heavy atom. The fourth-order valence-corrected chi connectivity index (χ4v) is 1.64. The number of rotatable bonds is 3. The molecule has 1 aliphatic rings. The number of hydrogen-bond donors (Lipinski definition) is 0. The minimum atomic E-state index is -0.778. The largest absolute Gasteiger partial charge is 0.485 e. The molecule has 96 valence electrons. The molecule has 0 fully saturated rings. The lowest BCUT2D eigenvalue weighted by molar-refractivity contribution is -0.153. The van der Waals surface area contributed by atoms with Crippen LogP contribution in [0.1, 0.15) is 24.2 Å². The molecule has 1 aromatic rings. The van der Waals surface area contributed by atoms with Gasteiger partial charge in [-0.3, -0.25) is 4.79 Å². The predicted octanol–water partition coefficient (Wildman–Crippen LogP) is 1.59. The summed E-state index contributed by atoms with van der Waals surface area (Å²) in [5.74, 6) is 0.392. The summed E-state index contributed by atoms with van der Waals surface area (Å²) in [4.78, 5) is 22.8. The molecule has 2 rings (SSSR count). The van der Waals surface area contributed by atoms with E-state index in [-0.39, 0.29) is 12.4 Å². The van der Waals surface area contributed by atoms with E-state index in [2.05, 4.69) is 0 Å². The molecular formula is C13H14O5. The Bertz CT molecular complexity index is 480. The highest BCUT2D eigenvalue weighted by Gasteiger charge is 2.28. The summed E-state index contributed by atoms with van der Waals surface area (Å²) in [6.07, 6.45) is -0.778. The number of benzene rings is 1. The smallest absolute Gasteiger partial charge is 0.350 e. The number of hydrogen-bond acceptors (Lipinski definition) is 5. The molecule has 5 nitrogen and oxygen atoms in total. The van der Waals surface area contributed by atoms with Crippen LogP contribution in [0, 0.1) is 0 Å². The number of carbonyl (C=O) groups is 2. The van der Waals surface area contributed by atoms with Crippen LogP contribution >= 0.6 is 0 Å². The van der Waals surface area contributed by atoms with Crippen molar-refractivity contribution in [3.8, 4) is 11.5 Å². The highest BCUT2D eigenvalue weighted by atomic mass is 16.6. The van der Waals surface area contributed by atoms with Crippen LogP contribution in [0.2, 0.25) is 0 Å². The lowest BCUT2D eigenvalue weighted by Crippen LogP contribution is -2.37. The van der Waals surface area contributed by atoms with E-state index in [0.717, 1.165) is 0 Å². The van der Waals surface area contributed by atoms with E-state index in [9.17, 15) is 9.59 Å². The second-order valence-corrected chi connectivity index (χ2v) is 3.89. The fourth-order valence-electron chi connectivity index (χ4n) is 1.64. The number of Topliss-reactive ketones (excluding diaryl/α,β-unsaturated/α-hetero) is 1. The van der Waals surface area contributed by atoms with Gasteiger partial charge in [-0.15, -0.1) is 0 Å². The Labute approximate surface area is 105 Å². The topological polar surface area (TPSA) is 61.8 Å². The van der Waals surface area contributed by atoms with Crippen molar-refractivity contribution >= 4 is 11.8 Å². The molecule has 0 spiro atoms. The molecule has 1 heterocycles. The van der Waals surface area contributed by atoms with Crippen LogP contribution in [0.15, 0.2) is 18.2 Å². The van der Waals surface area contributed by atoms with E-state index < -0.39 is 12.1 Å². The van der Waals surface area contributed by atoms with Gasteiger partial charge in [0.05, 0.1) is 6.61 Å². The second-order valence-electron chi connectivity index (χ2n) is 3.89. The molecule has 18 heavy (non-hydrogen) atoms. The first-order valence-corrected chi connectivity index (χ1v) is 5.73. The zero-order chi connectivity index (χ0) is 13.1. The van der Waals surface area contributed by atoms with Crippen molar-refractivity contribution in [1.82, 2.24) is 0 Å². The van der Waals surface area contributed by atoms with E-state index in [1.807, 2.05) is 0 Å². The van der Waals surface area contributed by atoms with E-state index >= 15 is 0 Å². The first kappa shape index (κ1) is 12.4. The van der Waals surface area contributed by atoms with Gasteiger partial charge in [-0.2, -0.15) is 0 Å². The molecule has 0 bridgehead atoms. The third-order valence-electron chi connectivity index (χ3n) is 2.56. The standard InChI is InChI=1S/C13H14O5/c1-3-16-13(15)12-7-17-10-5-4-9(8(2)14)6-11(10)18-12/h4-6,12H,3,7H2,1-2H3/t12-/m1/s1. The molecule has 1 aliphatic heterocycles. The van der Waals surface area contributed by atoms with Gasteiger partial charge in [0.25, 0.3) is 0 Å². The third-order valence-corrected chi connectivity index (χ3v) is 2.56. The van der Waals surface area contributed by atoms with Crippen LogP contribution in [0.25, 0.3) is 0 Å². The van der Waals surface area contributed by atoms with Gasteiger partial charge in [-0.05, 0) is 32.0 Å². The minimum absolute atomic E-state index is 0.0698. The summed E-state index contributed by atoms with van der Waals surface area (Å²) in [5, 5.41) is 0. The average Bonchev–Trinajstić information content (AvgIpc) is 2.37. The Morgan fingerprint density at radius 1 is 1.39 bits per heavy atom. The summed E-state index contributed by atoms with van der Waals surface area (Å²) >= 11 is 0. The summed E-state index contributed by atoms with van der Waals surface area (Å²) in [5.41, 5.74) is 0.516. The molecule has 1 aromatic carbocycles. The summed E-state index contributed by atoms with van der Waals surface area (Å²) in [7, 11) is 0. The van der Waals surface area contributed by atoms with E-state index in [1.54, 1.807) is 25.1 Å². The van der Waals surface area contributed by atoms with Crippen molar-refractivity contribution in [3.63, 3.8) is 0 Å². The second kappa shape index (κ2) is 5.08. The van der Waals surface area contributed by atoms with Gasteiger partial charge >= 0.3 is 5.97 Å². The van der Waals surface area contributed by atoms with E-state index in [1.165, 1.54) is 6.92 Å². The summed E-state index contributed by atoms with van der Waals surface area (Å²) < 4.78 is 15.7. The van der Waals surface area contributed by atoms with Crippen molar-refractivity contribution in [1.29, 1.82) is 0 Å². The van der Waals surface area contributed by atoms with Gasteiger partial charge < -0.3 is 14.2 Å². The lowest BCUT2D eigenvalue weighted by Gasteiger charge is -2.25. The van der Waals surface area contributed by atoms with Crippen molar-refractivity contribution < 1.29 is 23.8 Å². The summed E-state index contributed by atoms with van der Waals surface area (Å²) in [6.45, 7) is 3.60. The van der Waals surface area contributed by atoms with E-state index in [0.29, 0.717) is 23.7 Å². The number of carbonyl (C=O) groups excluding carboxylic acids is 2. The van der Waals surface area contributed by atoms with Gasteiger partial charge in [0.1, 0.15) is 6.61 Å². The fraction of sp³-hybridized carbons (Fsp3) is 0.385. The number of fused-ring (bicyclic) bond motifs is 1. The molecule has 0 unspecified atom stereocenters. The molecular weight excluding hydrogens is 236 g/mol. The highest BCUT2D eigenvalue weighted by molar-refractivity contribution is 5.94. The van der Waals surface area contributed by atoms with Crippen LogP contribution in [0.4, 0.5) is 0 Å². The average molecular weight is 250 g/mol. The maximum absolute atomic E-state index is 11.5. The number of ketones is 1. The monoisotopic (exact) mass is 250 g/mol. The Kier molecular flexibility index (Phi) is 3.50. The van der Waals surface area contributed by atoms with E-state index in [4.69, 9.17) is 14.2 Å².